The molecule has 0 bridgehead atoms. The Hall–Kier alpha value is -0.830. The standard InChI is InChI=1S/C10H14ClN3/c1-6-7(2)10(13-12-9(6)11)14(3)8-4-5-8/h8H,4-5H2,1-3H3. The van der Waals surface area contributed by atoms with Crippen LogP contribution in [0.25, 0.3) is 0 Å². The Kier molecular flexibility index (Phi) is 2.35. The number of aromatic nitrogens is 2. The van der Waals surface area contributed by atoms with Crippen LogP contribution in [0.4, 0.5) is 5.82 Å². The maximum atomic E-state index is 5.89. The van der Waals surface area contributed by atoms with Crippen LogP contribution in [0.1, 0.15) is 24.0 Å². The highest BCUT2D eigenvalue weighted by molar-refractivity contribution is 6.30. The molecule has 1 saturated carbocycles. The molecule has 0 amide bonds. The molecule has 1 aromatic rings. The molecule has 0 radical (unpaired) electrons. The zero-order chi connectivity index (χ0) is 10.3. The monoisotopic (exact) mass is 211 g/mol. The van der Waals surface area contributed by atoms with E-state index in [-0.39, 0.29) is 0 Å². The first-order valence-electron chi connectivity index (χ1n) is 4.83. The van der Waals surface area contributed by atoms with Gasteiger partial charge in [0.1, 0.15) is 0 Å². The molecule has 0 atom stereocenters. The maximum Gasteiger partial charge on any atom is 0.155 e. The minimum absolute atomic E-state index is 0.510. The van der Waals surface area contributed by atoms with Crippen LogP contribution in [0.15, 0.2) is 0 Å². The van der Waals surface area contributed by atoms with Crippen molar-refractivity contribution in [1.29, 1.82) is 0 Å². The quantitative estimate of drug-likeness (QED) is 0.752. The number of rotatable bonds is 2. The van der Waals surface area contributed by atoms with E-state index in [1.54, 1.807) is 0 Å². The molecule has 1 aliphatic rings. The lowest BCUT2D eigenvalue weighted by atomic mass is 10.2. The summed E-state index contributed by atoms with van der Waals surface area (Å²) in [5.74, 6) is 0.967. The fourth-order valence-corrected chi connectivity index (χ4v) is 1.71. The van der Waals surface area contributed by atoms with Gasteiger partial charge in [0.15, 0.2) is 11.0 Å². The minimum Gasteiger partial charge on any atom is -0.355 e. The Labute approximate surface area is 89.1 Å². The van der Waals surface area contributed by atoms with Gasteiger partial charge in [0.25, 0.3) is 0 Å². The van der Waals surface area contributed by atoms with Crippen LogP contribution in [0, 0.1) is 13.8 Å². The fourth-order valence-electron chi connectivity index (χ4n) is 1.53. The van der Waals surface area contributed by atoms with Gasteiger partial charge in [-0.05, 0) is 37.8 Å². The van der Waals surface area contributed by atoms with E-state index < -0.39 is 0 Å². The number of nitrogens with zero attached hydrogens (tertiary/aromatic N) is 3. The van der Waals surface area contributed by atoms with Crippen molar-refractivity contribution in [1.82, 2.24) is 10.2 Å². The second kappa shape index (κ2) is 3.39. The van der Waals surface area contributed by atoms with Crippen molar-refractivity contribution in [3.05, 3.63) is 16.3 Å². The van der Waals surface area contributed by atoms with E-state index in [0.29, 0.717) is 11.2 Å². The number of hydrogen-bond acceptors (Lipinski definition) is 3. The summed E-state index contributed by atoms with van der Waals surface area (Å²) in [5.41, 5.74) is 2.17. The Morgan fingerprint density at radius 2 is 1.86 bits per heavy atom. The van der Waals surface area contributed by atoms with Crippen molar-refractivity contribution in [2.75, 3.05) is 11.9 Å². The van der Waals surface area contributed by atoms with Crippen LogP contribution in [-0.4, -0.2) is 23.3 Å². The second-order valence-electron chi connectivity index (χ2n) is 3.91. The van der Waals surface area contributed by atoms with Crippen molar-refractivity contribution in [3.63, 3.8) is 0 Å². The van der Waals surface area contributed by atoms with Gasteiger partial charge in [-0.15, -0.1) is 10.2 Å². The SMILES string of the molecule is Cc1c(Cl)nnc(N(C)C2CC2)c1C. The molecule has 3 nitrogen and oxygen atoms in total. The third-order valence-corrected chi connectivity index (χ3v) is 3.23. The lowest BCUT2D eigenvalue weighted by molar-refractivity contribution is 0.848. The third-order valence-electron chi connectivity index (χ3n) is 2.87. The third kappa shape index (κ3) is 1.57. The molecule has 14 heavy (non-hydrogen) atoms. The van der Waals surface area contributed by atoms with Gasteiger partial charge >= 0.3 is 0 Å². The predicted molar refractivity (Wildman–Crippen MR) is 57.9 cm³/mol. The normalized spacial score (nSPS) is 15.7. The highest BCUT2D eigenvalue weighted by Gasteiger charge is 2.28. The summed E-state index contributed by atoms with van der Waals surface area (Å²) in [6.45, 7) is 4.03. The number of hydrogen-bond donors (Lipinski definition) is 0. The highest BCUT2D eigenvalue weighted by atomic mass is 35.5. The molecule has 4 heteroatoms. The van der Waals surface area contributed by atoms with Crippen LogP contribution < -0.4 is 4.90 Å². The molecule has 2 rings (SSSR count). The highest BCUT2D eigenvalue weighted by Crippen LogP contribution is 2.32. The fraction of sp³-hybridized carbons (Fsp3) is 0.600. The molecule has 0 aromatic carbocycles. The van der Waals surface area contributed by atoms with Crippen molar-refractivity contribution in [2.24, 2.45) is 0 Å². The topological polar surface area (TPSA) is 29.0 Å². The largest absolute Gasteiger partial charge is 0.355 e. The first kappa shape index (κ1) is 9.71. The summed E-state index contributed by atoms with van der Waals surface area (Å²) in [6.07, 6.45) is 2.53. The molecule has 0 N–H and O–H groups in total. The molecule has 1 aromatic heterocycles. The summed E-state index contributed by atoms with van der Waals surface area (Å²) in [4.78, 5) is 2.20. The predicted octanol–water partition coefficient (Wildman–Crippen LogP) is 2.35. The van der Waals surface area contributed by atoms with Gasteiger partial charge < -0.3 is 4.90 Å². The average Bonchev–Trinajstić information content (AvgIpc) is 2.97. The summed E-state index contributed by atoms with van der Waals surface area (Å²) in [7, 11) is 2.07. The Morgan fingerprint density at radius 1 is 1.21 bits per heavy atom. The summed E-state index contributed by atoms with van der Waals surface area (Å²) >= 11 is 5.89. The van der Waals surface area contributed by atoms with E-state index in [1.165, 1.54) is 12.8 Å². The first-order valence-corrected chi connectivity index (χ1v) is 5.21. The van der Waals surface area contributed by atoms with E-state index in [4.69, 9.17) is 11.6 Å². The van der Waals surface area contributed by atoms with Crippen LogP contribution in [0.3, 0.4) is 0 Å². The van der Waals surface area contributed by atoms with Crippen LogP contribution in [-0.2, 0) is 0 Å². The molecule has 0 spiro atoms. The molecular formula is C10H14ClN3. The van der Waals surface area contributed by atoms with E-state index in [1.807, 2.05) is 13.8 Å². The lowest BCUT2D eigenvalue weighted by Gasteiger charge is -2.19. The summed E-state index contributed by atoms with van der Waals surface area (Å²) in [5, 5.41) is 8.60. The van der Waals surface area contributed by atoms with Gasteiger partial charge in [-0.25, -0.2) is 0 Å². The zero-order valence-electron chi connectivity index (χ0n) is 8.71. The molecule has 1 heterocycles. The number of halogens is 1. The maximum absolute atomic E-state index is 5.89. The van der Waals surface area contributed by atoms with Gasteiger partial charge in [-0.3, -0.25) is 0 Å². The smallest absolute Gasteiger partial charge is 0.155 e. The Bertz CT molecular complexity index is 361. The van der Waals surface area contributed by atoms with Crippen molar-refractivity contribution in [3.8, 4) is 0 Å². The molecule has 0 saturated heterocycles. The van der Waals surface area contributed by atoms with Crippen molar-refractivity contribution in [2.45, 2.75) is 32.7 Å². The van der Waals surface area contributed by atoms with Crippen molar-refractivity contribution >= 4 is 17.4 Å². The van der Waals surface area contributed by atoms with Crippen LogP contribution in [0.5, 0.6) is 0 Å². The first-order chi connectivity index (χ1) is 6.61. The van der Waals surface area contributed by atoms with Gasteiger partial charge in [-0.1, -0.05) is 11.6 Å². The van der Waals surface area contributed by atoms with Crippen molar-refractivity contribution < 1.29 is 0 Å². The lowest BCUT2D eigenvalue weighted by Crippen LogP contribution is -2.22. The molecule has 0 aliphatic heterocycles. The molecular weight excluding hydrogens is 198 g/mol. The van der Waals surface area contributed by atoms with E-state index in [0.717, 1.165) is 16.9 Å². The summed E-state index contributed by atoms with van der Waals surface area (Å²) in [6, 6.07) is 0.656. The zero-order valence-corrected chi connectivity index (χ0v) is 9.47. The number of anilines is 1. The summed E-state index contributed by atoms with van der Waals surface area (Å²) < 4.78 is 0. The van der Waals surface area contributed by atoms with Gasteiger partial charge in [0.2, 0.25) is 0 Å². The second-order valence-corrected chi connectivity index (χ2v) is 4.26. The Morgan fingerprint density at radius 3 is 2.43 bits per heavy atom. The van der Waals surface area contributed by atoms with Crippen LogP contribution >= 0.6 is 11.6 Å². The van der Waals surface area contributed by atoms with Gasteiger partial charge in [-0.2, -0.15) is 0 Å². The van der Waals surface area contributed by atoms with E-state index >= 15 is 0 Å². The molecule has 0 unspecified atom stereocenters. The average molecular weight is 212 g/mol. The molecule has 1 aliphatic carbocycles. The molecule has 76 valence electrons. The van der Waals surface area contributed by atoms with Gasteiger partial charge in [0.05, 0.1) is 0 Å². The minimum atomic E-state index is 0.510. The van der Waals surface area contributed by atoms with Gasteiger partial charge in [0, 0.05) is 13.1 Å². The van der Waals surface area contributed by atoms with Crippen LogP contribution in [0.2, 0.25) is 5.15 Å². The van der Waals surface area contributed by atoms with E-state index in [9.17, 15) is 0 Å². The molecule has 1 fully saturated rings. The Balaban J connectivity index is 2.38. The van der Waals surface area contributed by atoms with E-state index in [2.05, 4.69) is 22.1 Å².